The molecule has 1 aliphatic rings. The summed E-state index contributed by atoms with van der Waals surface area (Å²) in [5, 5.41) is 1.30. The Labute approximate surface area is 121 Å². The summed E-state index contributed by atoms with van der Waals surface area (Å²) >= 11 is 0. The molecule has 0 N–H and O–H groups in total. The van der Waals surface area contributed by atoms with Crippen molar-refractivity contribution in [1.82, 2.24) is 9.88 Å². The smallest absolute Gasteiger partial charge is 0.0726 e. The lowest BCUT2D eigenvalue weighted by Gasteiger charge is -2.28. The van der Waals surface area contributed by atoms with Crippen LogP contribution in [0, 0.1) is 0 Å². The van der Waals surface area contributed by atoms with Gasteiger partial charge in [-0.15, -0.1) is 0 Å². The Morgan fingerprint density at radius 2 is 2.20 bits per heavy atom. The Bertz CT molecular complexity index is 621. The average Bonchev–Trinajstić information content (AvgIpc) is 2.47. The van der Waals surface area contributed by atoms with Gasteiger partial charge in [-0.3, -0.25) is 4.98 Å². The molecule has 0 spiro atoms. The van der Waals surface area contributed by atoms with Crippen molar-refractivity contribution < 1.29 is 0 Å². The number of hydrogen-bond acceptors (Lipinski definition) is 3. The molecule has 3 heteroatoms. The summed E-state index contributed by atoms with van der Waals surface area (Å²) < 4.78 is 0. The van der Waals surface area contributed by atoms with Crippen LogP contribution < -0.4 is 4.90 Å². The topological polar surface area (TPSA) is 19.4 Å². The van der Waals surface area contributed by atoms with Gasteiger partial charge in [0.25, 0.3) is 0 Å². The molecule has 0 atom stereocenters. The van der Waals surface area contributed by atoms with Crippen LogP contribution in [0.3, 0.4) is 0 Å². The zero-order valence-electron chi connectivity index (χ0n) is 12.7. The van der Waals surface area contributed by atoms with E-state index in [1.54, 1.807) is 0 Å². The maximum Gasteiger partial charge on any atom is 0.0726 e. The number of aryl methyl sites for hydroxylation is 1. The lowest BCUT2D eigenvalue weighted by atomic mass is 9.99. The highest BCUT2D eigenvalue weighted by atomic mass is 15.1. The molecule has 1 aromatic heterocycles. The molecule has 1 aromatic carbocycles. The third-order valence-electron chi connectivity index (χ3n) is 4.29. The number of pyridine rings is 1. The largest absolute Gasteiger partial charge is 0.374 e. The minimum Gasteiger partial charge on any atom is -0.374 e. The second kappa shape index (κ2) is 5.41. The molecule has 1 aliphatic heterocycles. The molecule has 20 heavy (non-hydrogen) atoms. The van der Waals surface area contributed by atoms with Crippen molar-refractivity contribution in [3.8, 4) is 0 Å². The van der Waals surface area contributed by atoms with Crippen molar-refractivity contribution in [1.29, 1.82) is 0 Å². The fraction of sp³-hybridized carbons (Fsp3) is 0.471. The second-order valence-electron chi connectivity index (χ2n) is 5.84. The third kappa shape index (κ3) is 2.38. The summed E-state index contributed by atoms with van der Waals surface area (Å²) in [6.07, 6.45) is 4.46. The van der Waals surface area contributed by atoms with Crippen LogP contribution in [0.4, 0.5) is 5.69 Å². The van der Waals surface area contributed by atoms with Gasteiger partial charge in [-0.1, -0.05) is 19.1 Å². The van der Waals surface area contributed by atoms with E-state index in [1.807, 2.05) is 0 Å². The van der Waals surface area contributed by atoms with E-state index in [9.17, 15) is 0 Å². The van der Waals surface area contributed by atoms with Gasteiger partial charge >= 0.3 is 0 Å². The predicted molar refractivity (Wildman–Crippen MR) is 85.3 cm³/mol. The van der Waals surface area contributed by atoms with E-state index in [1.165, 1.54) is 28.6 Å². The maximum atomic E-state index is 4.68. The normalized spacial score (nSPS) is 14.9. The van der Waals surface area contributed by atoms with Crippen molar-refractivity contribution in [2.24, 2.45) is 0 Å². The Kier molecular flexibility index (Phi) is 3.62. The van der Waals surface area contributed by atoms with E-state index in [4.69, 9.17) is 0 Å². The highest BCUT2D eigenvalue weighted by Crippen LogP contribution is 2.33. The van der Waals surface area contributed by atoms with E-state index in [2.05, 4.69) is 60.2 Å². The summed E-state index contributed by atoms with van der Waals surface area (Å²) in [6, 6.07) is 6.74. The molecule has 2 heterocycles. The number of anilines is 1. The molecule has 0 aliphatic carbocycles. The van der Waals surface area contributed by atoms with Gasteiger partial charge in [0, 0.05) is 31.7 Å². The molecule has 2 aromatic rings. The Morgan fingerprint density at radius 1 is 1.35 bits per heavy atom. The average molecular weight is 269 g/mol. The van der Waals surface area contributed by atoms with Crippen LogP contribution in [0.5, 0.6) is 0 Å². The molecule has 106 valence electrons. The van der Waals surface area contributed by atoms with E-state index in [-0.39, 0.29) is 0 Å². The van der Waals surface area contributed by atoms with Crippen LogP contribution in [0.15, 0.2) is 24.4 Å². The summed E-state index contributed by atoms with van der Waals surface area (Å²) in [6.45, 7) is 5.39. The zero-order chi connectivity index (χ0) is 14.1. The molecule has 0 saturated carbocycles. The minimum atomic E-state index is 0.987. The molecule has 0 fully saturated rings. The molecule has 0 saturated heterocycles. The number of hydrogen-bond donors (Lipinski definition) is 0. The first kappa shape index (κ1) is 13.4. The molecule has 0 radical (unpaired) electrons. The monoisotopic (exact) mass is 269 g/mol. The lowest BCUT2D eigenvalue weighted by Crippen LogP contribution is -2.25. The Hall–Kier alpha value is -1.61. The molecule has 0 bridgehead atoms. The highest BCUT2D eigenvalue weighted by molar-refractivity contribution is 5.93. The fourth-order valence-electron chi connectivity index (χ4n) is 3.04. The summed E-state index contributed by atoms with van der Waals surface area (Å²) in [4.78, 5) is 9.36. The lowest BCUT2D eigenvalue weighted by molar-refractivity contribution is 0.346. The number of fused-ring (bicyclic) bond motifs is 3. The van der Waals surface area contributed by atoms with Gasteiger partial charge in [0.2, 0.25) is 0 Å². The number of aromatic nitrogens is 1. The standard InChI is InChI=1S/C17H23N3/c1-4-19(2)12-13-7-8-15-16(10-13)18-11-14-6-5-9-20(3)17(14)15/h7-8,10-11H,4-6,9,12H2,1-3H3. The van der Waals surface area contributed by atoms with E-state index in [0.29, 0.717) is 0 Å². The van der Waals surface area contributed by atoms with Crippen LogP contribution >= 0.6 is 0 Å². The third-order valence-corrected chi connectivity index (χ3v) is 4.29. The fourth-order valence-corrected chi connectivity index (χ4v) is 3.04. The van der Waals surface area contributed by atoms with E-state index < -0.39 is 0 Å². The number of benzene rings is 1. The van der Waals surface area contributed by atoms with Crippen LogP contribution in [0.2, 0.25) is 0 Å². The van der Waals surface area contributed by atoms with Gasteiger partial charge in [-0.25, -0.2) is 0 Å². The zero-order valence-corrected chi connectivity index (χ0v) is 12.7. The van der Waals surface area contributed by atoms with Crippen LogP contribution in [-0.4, -0.2) is 37.1 Å². The van der Waals surface area contributed by atoms with Crippen molar-refractivity contribution in [3.63, 3.8) is 0 Å². The van der Waals surface area contributed by atoms with E-state index in [0.717, 1.165) is 31.6 Å². The Morgan fingerprint density at radius 3 is 3.00 bits per heavy atom. The highest BCUT2D eigenvalue weighted by Gasteiger charge is 2.17. The van der Waals surface area contributed by atoms with Crippen molar-refractivity contribution in [2.75, 3.05) is 32.1 Å². The van der Waals surface area contributed by atoms with E-state index >= 15 is 0 Å². The molecule has 0 unspecified atom stereocenters. The predicted octanol–water partition coefficient (Wildman–Crippen LogP) is 3.07. The van der Waals surface area contributed by atoms with Gasteiger partial charge in [-0.05, 0) is 43.6 Å². The second-order valence-corrected chi connectivity index (χ2v) is 5.84. The number of rotatable bonds is 3. The van der Waals surface area contributed by atoms with Gasteiger partial charge in [0.15, 0.2) is 0 Å². The van der Waals surface area contributed by atoms with Gasteiger partial charge in [-0.2, -0.15) is 0 Å². The first-order chi connectivity index (χ1) is 9.69. The summed E-state index contributed by atoms with van der Waals surface area (Å²) in [7, 11) is 4.34. The first-order valence-electron chi connectivity index (χ1n) is 7.49. The van der Waals surface area contributed by atoms with Crippen molar-refractivity contribution in [2.45, 2.75) is 26.3 Å². The quantitative estimate of drug-likeness (QED) is 0.853. The molecule has 0 amide bonds. The minimum absolute atomic E-state index is 0.987. The summed E-state index contributed by atoms with van der Waals surface area (Å²) in [5.74, 6) is 0. The van der Waals surface area contributed by atoms with Crippen molar-refractivity contribution in [3.05, 3.63) is 35.5 Å². The SMILES string of the molecule is CCN(C)Cc1ccc2c3c(cnc2c1)CCCN3C. The van der Waals surface area contributed by atoms with Crippen molar-refractivity contribution >= 4 is 16.6 Å². The number of nitrogens with zero attached hydrogens (tertiary/aromatic N) is 3. The van der Waals surface area contributed by atoms with Gasteiger partial charge in [0.05, 0.1) is 11.2 Å². The van der Waals surface area contributed by atoms with Gasteiger partial charge < -0.3 is 9.80 Å². The molecule has 3 nitrogen and oxygen atoms in total. The molecule has 3 rings (SSSR count). The first-order valence-corrected chi connectivity index (χ1v) is 7.49. The summed E-state index contributed by atoms with van der Waals surface area (Å²) in [5.41, 5.74) is 5.24. The molecular weight excluding hydrogens is 246 g/mol. The Balaban J connectivity index is 2.04. The van der Waals surface area contributed by atoms with Crippen LogP contribution in [-0.2, 0) is 13.0 Å². The van der Waals surface area contributed by atoms with Crippen LogP contribution in [0.1, 0.15) is 24.5 Å². The van der Waals surface area contributed by atoms with Gasteiger partial charge in [0.1, 0.15) is 0 Å². The maximum absolute atomic E-state index is 4.68. The van der Waals surface area contributed by atoms with Crippen LogP contribution in [0.25, 0.3) is 10.9 Å². The molecular formula is C17H23N3.